The Hall–Kier alpha value is -1.12. The Morgan fingerprint density at radius 3 is 2.18 bits per heavy atom. The van der Waals surface area contributed by atoms with Crippen molar-refractivity contribution in [2.75, 3.05) is 13.2 Å². The van der Waals surface area contributed by atoms with E-state index in [1.807, 2.05) is 44.2 Å². The molecule has 1 aromatic rings. The second-order valence-corrected chi connectivity index (χ2v) is 4.96. The summed E-state index contributed by atoms with van der Waals surface area (Å²) in [5.41, 5.74) is 1.92. The first-order valence-electron chi connectivity index (χ1n) is 6.01. The van der Waals surface area contributed by atoms with E-state index in [-0.39, 0.29) is 13.2 Å². The molecule has 1 rings (SSSR count). The van der Waals surface area contributed by atoms with Crippen molar-refractivity contribution in [2.45, 2.75) is 26.7 Å². The molecule has 0 aromatic heterocycles. The van der Waals surface area contributed by atoms with Gasteiger partial charge in [-0.15, -0.1) is 0 Å². The van der Waals surface area contributed by atoms with Crippen molar-refractivity contribution in [3.63, 3.8) is 0 Å². The van der Waals surface area contributed by atoms with E-state index in [0.29, 0.717) is 12.8 Å². The zero-order chi connectivity index (χ0) is 12.7. The third kappa shape index (κ3) is 4.33. The van der Waals surface area contributed by atoms with Gasteiger partial charge in [0.1, 0.15) is 0 Å². The maximum absolute atomic E-state index is 9.56. The van der Waals surface area contributed by atoms with Crippen LogP contribution in [0.25, 0.3) is 0 Å². The molecule has 94 valence electrons. The van der Waals surface area contributed by atoms with Crippen LogP contribution in [0.1, 0.15) is 25.8 Å². The van der Waals surface area contributed by atoms with Crippen LogP contribution in [0, 0.1) is 5.41 Å². The van der Waals surface area contributed by atoms with E-state index >= 15 is 0 Å². The molecule has 2 N–H and O–H groups in total. The number of aliphatic hydroxyl groups is 2. The van der Waals surface area contributed by atoms with Gasteiger partial charge < -0.3 is 10.2 Å². The Labute approximate surface area is 104 Å². The molecule has 17 heavy (non-hydrogen) atoms. The molecule has 0 saturated heterocycles. The van der Waals surface area contributed by atoms with Crippen LogP contribution in [-0.4, -0.2) is 23.4 Å². The summed E-state index contributed by atoms with van der Waals surface area (Å²) in [5, 5.41) is 19.1. The summed E-state index contributed by atoms with van der Waals surface area (Å²) in [4.78, 5) is 0. The summed E-state index contributed by atoms with van der Waals surface area (Å²) in [5.74, 6) is 0. The smallest absolute Gasteiger partial charge is 0.0515 e. The lowest BCUT2D eigenvalue weighted by atomic mass is 9.79. The minimum Gasteiger partial charge on any atom is -0.396 e. The van der Waals surface area contributed by atoms with E-state index in [1.54, 1.807) is 0 Å². The van der Waals surface area contributed by atoms with Gasteiger partial charge in [-0.25, -0.2) is 0 Å². The molecule has 0 aliphatic heterocycles. The van der Waals surface area contributed by atoms with Gasteiger partial charge >= 0.3 is 0 Å². The summed E-state index contributed by atoms with van der Waals surface area (Å²) in [6.45, 7) is 4.06. The summed E-state index contributed by atoms with van der Waals surface area (Å²) in [6.07, 6.45) is 3.48. The molecule has 0 amide bonds. The molecule has 0 atom stereocenters. The van der Waals surface area contributed by atoms with Gasteiger partial charge in [0, 0.05) is 5.41 Å². The lowest BCUT2D eigenvalue weighted by molar-refractivity contribution is 0.0569. The fraction of sp³-hybridized carbons (Fsp3) is 0.467. The molecule has 0 fully saturated rings. The number of benzene rings is 1. The van der Waals surface area contributed by atoms with Crippen LogP contribution >= 0.6 is 0 Å². The highest BCUT2D eigenvalue weighted by Gasteiger charge is 2.27. The first kappa shape index (κ1) is 13.9. The fourth-order valence-corrected chi connectivity index (χ4v) is 1.81. The minimum atomic E-state index is -0.446. The predicted molar refractivity (Wildman–Crippen MR) is 70.8 cm³/mol. The highest BCUT2D eigenvalue weighted by Crippen LogP contribution is 2.27. The first-order chi connectivity index (χ1) is 8.12. The average Bonchev–Trinajstić information content (AvgIpc) is 2.36. The standard InChI is InChI=1S/C15H22O2/c1-13(2)8-9-15(11-16,12-17)10-14-6-4-3-5-7-14/h3-8,16-17H,9-12H2,1-2H3. The summed E-state index contributed by atoms with van der Waals surface area (Å²) in [7, 11) is 0. The lowest BCUT2D eigenvalue weighted by Crippen LogP contribution is -2.32. The van der Waals surface area contributed by atoms with E-state index < -0.39 is 5.41 Å². The van der Waals surface area contributed by atoms with Crippen molar-refractivity contribution in [3.05, 3.63) is 47.5 Å². The van der Waals surface area contributed by atoms with Crippen molar-refractivity contribution in [2.24, 2.45) is 5.41 Å². The quantitative estimate of drug-likeness (QED) is 0.743. The zero-order valence-corrected chi connectivity index (χ0v) is 10.7. The first-order valence-corrected chi connectivity index (χ1v) is 6.01. The van der Waals surface area contributed by atoms with Gasteiger partial charge in [0.2, 0.25) is 0 Å². The number of rotatable bonds is 6. The summed E-state index contributed by atoms with van der Waals surface area (Å²) < 4.78 is 0. The van der Waals surface area contributed by atoms with Crippen LogP contribution in [0.15, 0.2) is 42.0 Å². The average molecular weight is 234 g/mol. The molecule has 2 nitrogen and oxygen atoms in total. The Morgan fingerprint density at radius 2 is 1.71 bits per heavy atom. The normalized spacial score (nSPS) is 11.3. The van der Waals surface area contributed by atoms with Crippen molar-refractivity contribution in [1.29, 1.82) is 0 Å². The summed E-state index contributed by atoms with van der Waals surface area (Å²) >= 11 is 0. The number of hydrogen-bond donors (Lipinski definition) is 2. The van der Waals surface area contributed by atoms with Gasteiger partial charge in [0.25, 0.3) is 0 Å². The van der Waals surface area contributed by atoms with Gasteiger partial charge in [-0.05, 0) is 32.3 Å². The minimum absolute atomic E-state index is 0.00216. The molecule has 1 aromatic carbocycles. The zero-order valence-electron chi connectivity index (χ0n) is 10.7. The van der Waals surface area contributed by atoms with Crippen LogP contribution in [-0.2, 0) is 6.42 Å². The molecule has 0 aliphatic carbocycles. The summed E-state index contributed by atoms with van der Waals surface area (Å²) in [6, 6.07) is 10.00. The van der Waals surface area contributed by atoms with E-state index in [9.17, 15) is 10.2 Å². The molecule has 0 saturated carbocycles. The number of allylic oxidation sites excluding steroid dienone is 2. The highest BCUT2D eigenvalue weighted by atomic mass is 16.3. The fourth-order valence-electron chi connectivity index (χ4n) is 1.81. The third-order valence-electron chi connectivity index (χ3n) is 3.04. The Morgan fingerprint density at radius 1 is 1.12 bits per heavy atom. The topological polar surface area (TPSA) is 40.5 Å². The van der Waals surface area contributed by atoms with Crippen LogP contribution in [0.5, 0.6) is 0 Å². The molecule has 2 heteroatoms. The van der Waals surface area contributed by atoms with Crippen molar-refractivity contribution < 1.29 is 10.2 Å². The van der Waals surface area contributed by atoms with E-state index in [2.05, 4.69) is 6.08 Å². The van der Waals surface area contributed by atoms with Crippen LogP contribution in [0.3, 0.4) is 0 Å². The maximum Gasteiger partial charge on any atom is 0.0515 e. The molecule has 0 unspecified atom stereocenters. The molecule has 0 heterocycles. The number of aliphatic hydroxyl groups excluding tert-OH is 2. The van der Waals surface area contributed by atoms with Crippen molar-refractivity contribution in [1.82, 2.24) is 0 Å². The Bertz CT molecular complexity index is 346. The SMILES string of the molecule is CC(C)=CCC(CO)(CO)Cc1ccccc1. The lowest BCUT2D eigenvalue weighted by Gasteiger charge is -2.29. The van der Waals surface area contributed by atoms with Crippen LogP contribution in [0.4, 0.5) is 0 Å². The van der Waals surface area contributed by atoms with Gasteiger partial charge in [-0.3, -0.25) is 0 Å². The second kappa shape index (κ2) is 6.58. The van der Waals surface area contributed by atoms with Crippen molar-refractivity contribution in [3.8, 4) is 0 Å². The Balaban J connectivity index is 2.81. The van der Waals surface area contributed by atoms with E-state index in [1.165, 1.54) is 5.57 Å². The van der Waals surface area contributed by atoms with Crippen molar-refractivity contribution >= 4 is 0 Å². The third-order valence-corrected chi connectivity index (χ3v) is 3.04. The molecule has 0 aliphatic rings. The predicted octanol–water partition coefficient (Wildman–Crippen LogP) is 2.56. The van der Waals surface area contributed by atoms with Gasteiger partial charge in [-0.1, -0.05) is 42.0 Å². The second-order valence-electron chi connectivity index (χ2n) is 4.96. The van der Waals surface area contributed by atoms with Crippen LogP contribution in [0.2, 0.25) is 0 Å². The molecular formula is C15H22O2. The largest absolute Gasteiger partial charge is 0.396 e. The van der Waals surface area contributed by atoms with E-state index in [4.69, 9.17) is 0 Å². The van der Waals surface area contributed by atoms with Gasteiger partial charge in [0.15, 0.2) is 0 Å². The maximum atomic E-state index is 9.56. The van der Waals surface area contributed by atoms with Gasteiger partial charge in [0.05, 0.1) is 13.2 Å². The monoisotopic (exact) mass is 234 g/mol. The highest BCUT2D eigenvalue weighted by molar-refractivity contribution is 5.17. The molecular weight excluding hydrogens is 212 g/mol. The number of hydrogen-bond acceptors (Lipinski definition) is 2. The van der Waals surface area contributed by atoms with Gasteiger partial charge in [-0.2, -0.15) is 0 Å². The molecule has 0 spiro atoms. The van der Waals surface area contributed by atoms with Crippen LogP contribution < -0.4 is 0 Å². The molecule has 0 bridgehead atoms. The Kier molecular flexibility index (Phi) is 5.39. The molecule has 0 radical (unpaired) electrons. The van der Waals surface area contributed by atoms with E-state index in [0.717, 1.165) is 5.56 Å².